The maximum absolute atomic E-state index is 5.94. The first-order chi connectivity index (χ1) is 8.62. The van der Waals surface area contributed by atoms with E-state index in [2.05, 4.69) is 34.8 Å². The summed E-state index contributed by atoms with van der Waals surface area (Å²) in [4.78, 5) is 6.42. The van der Waals surface area contributed by atoms with Crippen molar-refractivity contribution in [3.8, 4) is 5.75 Å². The number of halogens is 1. The Morgan fingerprint density at radius 2 is 2.06 bits per heavy atom. The van der Waals surface area contributed by atoms with E-state index in [1.54, 1.807) is 7.11 Å². The van der Waals surface area contributed by atoms with Crippen LogP contribution < -0.4 is 10.5 Å². The van der Waals surface area contributed by atoms with Crippen LogP contribution in [0.2, 0.25) is 0 Å². The number of benzene rings is 1. The molecule has 0 aliphatic rings. The van der Waals surface area contributed by atoms with Gasteiger partial charge in [-0.1, -0.05) is 15.9 Å². The number of nitrogens with two attached hydrogens (primary N) is 1. The Bertz CT molecular complexity index is 417. The van der Waals surface area contributed by atoms with Gasteiger partial charge in [-0.25, -0.2) is 4.99 Å². The molecule has 1 rings (SSSR count). The van der Waals surface area contributed by atoms with Crippen LogP contribution in [0.5, 0.6) is 5.75 Å². The quantitative estimate of drug-likeness (QED) is 0.671. The summed E-state index contributed by atoms with van der Waals surface area (Å²) in [6.45, 7) is 6.37. The Morgan fingerprint density at radius 1 is 1.39 bits per heavy atom. The second-order valence-electron chi connectivity index (χ2n) is 3.80. The van der Waals surface area contributed by atoms with Gasteiger partial charge in [0.25, 0.3) is 0 Å². The van der Waals surface area contributed by atoms with Gasteiger partial charge < -0.3 is 15.4 Å². The van der Waals surface area contributed by atoms with Crippen LogP contribution in [0.4, 0.5) is 0 Å². The summed E-state index contributed by atoms with van der Waals surface area (Å²) in [5, 5.41) is 0. The number of guanidine groups is 1. The standard InChI is InChI=1S/C13H20BrN3O/c1-4-17(5-2)13(15)16-9-10-8-11(14)6-7-12(10)18-3/h6-8H,4-5,9H2,1-3H3,(H2,15,16). The molecule has 2 N–H and O–H groups in total. The summed E-state index contributed by atoms with van der Waals surface area (Å²) in [6.07, 6.45) is 0. The highest BCUT2D eigenvalue weighted by atomic mass is 79.9. The number of hydrogen-bond acceptors (Lipinski definition) is 2. The Hall–Kier alpha value is -1.23. The number of methoxy groups -OCH3 is 1. The van der Waals surface area contributed by atoms with Crippen LogP contribution in [0.1, 0.15) is 19.4 Å². The van der Waals surface area contributed by atoms with Gasteiger partial charge in [0.05, 0.1) is 13.7 Å². The Kier molecular flexibility index (Phi) is 5.98. The van der Waals surface area contributed by atoms with Crippen molar-refractivity contribution in [3.05, 3.63) is 28.2 Å². The lowest BCUT2D eigenvalue weighted by Gasteiger charge is -2.19. The highest BCUT2D eigenvalue weighted by Gasteiger charge is 2.05. The van der Waals surface area contributed by atoms with E-state index >= 15 is 0 Å². The molecular weight excluding hydrogens is 294 g/mol. The zero-order chi connectivity index (χ0) is 13.5. The van der Waals surface area contributed by atoms with Crippen molar-refractivity contribution in [2.45, 2.75) is 20.4 Å². The van der Waals surface area contributed by atoms with Crippen molar-refractivity contribution in [1.82, 2.24) is 4.90 Å². The van der Waals surface area contributed by atoms with Crippen LogP contribution >= 0.6 is 15.9 Å². The van der Waals surface area contributed by atoms with E-state index in [9.17, 15) is 0 Å². The molecule has 0 radical (unpaired) electrons. The van der Waals surface area contributed by atoms with E-state index in [4.69, 9.17) is 10.5 Å². The van der Waals surface area contributed by atoms with Gasteiger partial charge in [-0.2, -0.15) is 0 Å². The molecule has 4 nitrogen and oxygen atoms in total. The molecular formula is C13H20BrN3O. The van der Waals surface area contributed by atoms with Gasteiger partial charge in [-0.3, -0.25) is 0 Å². The van der Waals surface area contributed by atoms with Crippen molar-refractivity contribution in [2.24, 2.45) is 10.7 Å². The first-order valence-corrected chi connectivity index (χ1v) is 6.78. The average molecular weight is 314 g/mol. The molecule has 0 heterocycles. The minimum Gasteiger partial charge on any atom is -0.496 e. The molecule has 1 aromatic rings. The molecule has 0 aliphatic heterocycles. The number of nitrogens with zero attached hydrogens (tertiary/aromatic N) is 2. The minimum atomic E-state index is 0.519. The van der Waals surface area contributed by atoms with E-state index in [-0.39, 0.29) is 0 Å². The highest BCUT2D eigenvalue weighted by Crippen LogP contribution is 2.23. The largest absolute Gasteiger partial charge is 0.496 e. The van der Waals surface area contributed by atoms with Crippen LogP contribution in [0.25, 0.3) is 0 Å². The predicted octanol–water partition coefficient (Wildman–Crippen LogP) is 2.61. The first kappa shape index (κ1) is 14.8. The lowest BCUT2D eigenvalue weighted by molar-refractivity contribution is 0.409. The zero-order valence-corrected chi connectivity index (χ0v) is 12.7. The van der Waals surface area contributed by atoms with Gasteiger partial charge in [0.15, 0.2) is 5.96 Å². The summed E-state index contributed by atoms with van der Waals surface area (Å²) in [7, 11) is 1.66. The van der Waals surface area contributed by atoms with Crippen molar-refractivity contribution >= 4 is 21.9 Å². The van der Waals surface area contributed by atoms with Gasteiger partial charge in [-0.15, -0.1) is 0 Å². The molecule has 0 amide bonds. The third-order valence-electron chi connectivity index (χ3n) is 2.74. The second-order valence-corrected chi connectivity index (χ2v) is 4.72. The van der Waals surface area contributed by atoms with Crippen LogP contribution in [0.15, 0.2) is 27.7 Å². The summed E-state index contributed by atoms with van der Waals surface area (Å²) in [5.74, 6) is 1.40. The number of hydrogen-bond donors (Lipinski definition) is 1. The van der Waals surface area contributed by atoms with Gasteiger partial charge >= 0.3 is 0 Å². The van der Waals surface area contributed by atoms with E-state index in [1.807, 2.05) is 23.1 Å². The van der Waals surface area contributed by atoms with Gasteiger partial charge in [0, 0.05) is 23.1 Å². The van der Waals surface area contributed by atoms with Gasteiger partial charge in [0.1, 0.15) is 5.75 Å². The lowest BCUT2D eigenvalue weighted by atomic mass is 10.2. The summed E-state index contributed by atoms with van der Waals surface area (Å²) >= 11 is 3.44. The fraction of sp³-hybridized carbons (Fsp3) is 0.462. The van der Waals surface area contributed by atoms with Crippen molar-refractivity contribution in [2.75, 3.05) is 20.2 Å². The number of ether oxygens (including phenoxy) is 1. The predicted molar refractivity (Wildman–Crippen MR) is 78.9 cm³/mol. The van der Waals surface area contributed by atoms with Crippen LogP contribution in [-0.2, 0) is 6.54 Å². The van der Waals surface area contributed by atoms with E-state index < -0.39 is 0 Å². The van der Waals surface area contributed by atoms with Crippen molar-refractivity contribution < 1.29 is 4.74 Å². The van der Waals surface area contributed by atoms with E-state index in [0.717, 1.165) is 28.9 Å². The summed E-state index contributed by atoms with van der Waals surface area (Å²) in [6, 6.07) is 5.86. The molecule has 18 heavy (non-hydrogen) atoms. The molecule has 0 fully saturated rings. The molecule has 0 bridgehead atoms. The Morgan fingerprint density at radius 3 is 2.61 bits per heavy atom. The molecule has 0 aliphatic carbocycles. The topological polar surface area (TPSA) is 50.8 Å². The summed E-state index contributed by atoms with van der Waals surface area (Å²) < 4.78 is 6.31. The number of aliphatic imine (C=N–C) groups is 1. The Balaban J connectivity index is 2.84. The molecule has 5 heteroatoms. The summed E-state index contributed by atoms with van der Waals surface area (Å²) in [5.41, 5.74) is 6.96. The third-order valence-corrected chi connectivity index (χ3v) is 3.23. The fourth-order valence-corrected chi connectivity index (χ4v) is 2.09. The third kappa shape index (κ3) is 3.91. The van der Waals surface area contributed by atoms with Crippen molar-refractivity contribution in [3.63, 3.8) is 0 Å². The van der Waals surface area contributed by atoms with E-state index in [0.29, 0.717) is 12.5 Å². The smallest absolute Gasteiger partial charge is 0.191 e. The van der Waals surface area contributed by atoms with Crippen LogP contribution in [-0.4, -0.2) is 31.1 Å². The van der Waals surface area contributed by atoms with Gasteiger partial charge in [-0.05, 0) is 32.0 Å². The normalized spacial score (nSPS) is 11.4. The molecule has 1 aromatic carbocycles. The monoisotopic (exact) mass is 313 g/mol. The van der Waals surface area contributed by atoms with Gasteiger partial charge in [0.2, 0.25) is 0 Å². The average Bonchev–Trinajstić information content (AvgIpc) is 2.38. The fourth-order valence-electron chi connectivity index (χ4n) is 1.68. The molecule has 0 saturated carbocycles. The van der Waals surface area contributed by atoms with Crippen LogP contribution in [0, 0.1) is 0 Å². The maximum atomic E-state index is 5.94. The maximum Gasteiger partial charge on any atom is 0.191 e. The lowest BCUT2D eigenvalue weighted by Crippen LogP contribution is -2.37. The number of rotatable bonds is 5. The zero-order valence-electron chi connectivity index (χ0n) is 11.1. The first-order valence-electron chi connectivity index (χ1n) is 5.99. The molecule has 0 aromatic heterocycles. The molecule has 0 unspecified atom stereocenters. The van der Waals surface area contributed by atoms with E-state index in [1.165, 1.54) is 0 Å². The molecule has 0 spiro atoms. The van der Waals surface area contributed by atoms with Crippen LogP contribution in [0.3, 0.4) is 0 Å². The van der Waals surface area contributed by atoms with Crippen molar-refractivity contribution in [1.29, 1.82) is 0 Å². The highest BCUT2D eigenvalue weighted by molar-refractivity contribution is 9.10. The minimum absolute atomic E-state index is 0.519. The molecule has 100 valence electrons. The molecule has 0 saturated heterocycles. The second kappa shape index (κ2) is 7.26. The Labute approximate surface area is 117 Å². The molecule has 0 atom stereocenters. The SMILES string of the molecule is CCN(CC)C(N)=NCc1cc(Br)ccc1OC.